The smallest absolute Gasteiger partial charge is 0.238 e. The number of aryl methyl sites for hydroxylation is 2. The fourth-order valence-electron chi connectivity index (χ4n) is 2.00. The summed E-state index contributed by atoms with van der Waals surface area (Å²) in [5, 5.41) is 4.28. The molecule has 0 unspecified atom stereocenters. The van der Waals surface area contributed by atoms with Crippen molar-refractivity contribution in [3.8, 4) is 0 Å². The Hall–Kier alpha value is -1.82. The van der Waals surface area contributed by atoms with Gasteiger partial charge in [0.2, 0.25) is 10.0 Å². The van der Waals surface area contributed by atoms with Crippen LogP contribution >= 0.6 is 0 Å². The van der Waals surface area contributed by atoms with Crippen LogP contribution in [0, 0.1) is 6.92 Å². The molecule has 0 aliphatic carbocycles. The highest BCUT2D eigenvalue weighted by molar-refractivity contribution is 7.91. The van der Waals surface area contributed by atoms with Gasteiger partial charge in [-0.05, 0) is 18.9 Å². The summed E-state index contributed by atoms with van der Waals surface area (Å²) in [5.41, 5.74) is 1.56. The molecule has 5 nitrogen and oxygen atoms in total. The van der Waals surface area contributed by atoms with Crippen LogP contribution in [0.5, 0.6) is 0 Å². The summed E-state index contributed by atoms with van der Waals surface area (Å²) < 4.78 is 28.7. The minimum absolute atomic E-state index is 0.0375. The van der Waals surface area contributed by atoms with E-state index >= 15 is 0 Å². The summed E-state index contributed by atoms with van der Waals surface area (Å²) in [4.78, 5) is 0. The molecule has 0 fully saturated rings. The molecular formula is C14H19N3O2S. The number of sulfonamides is 1. The molecule has 0 radical (unpaired) electrons. The maximum Gasteiger partial charge on any atom is 0.238 e. The summed E-state index contributed by atoms with van der Waals surface area (Å²) in [7, 11) is -3.43. The number of hydrogen-bond donors (Lipinski definition) is 1. The van der Waals surface area contributed by atoms with E-state index < -0.39 is 10.0 Å². The van der Waals surface area contributed by atoms with Crippen molar-refractivity contribution < 1.29 is 8.42 Å². The number of aromatic nitrogens is 2. The third-order valence-corrected chi connectivity index (χ3v) is 4.03. The Morgan fingerprint density at radius 1 is 1.25 bits per heavy atom. The monoisotopic (exact) mass is 293 g/mol. The van der Waals surface area contributed by atoms with E-state index in [1.54, 1.807) is 22.9 Å². The molecule has 1 aromatic carbocycles. The normalized spacial score (nSPS) is 11.5. The van der Waals surface area contributed by atoms with E-state index in [-0.39, 0.29) is 5.75 Å². The summed E-state index contributed by atoms with van der Waals surface area (Å²) in [6.45, 7) is 4.57. The lowest BCUT2D eigenvalue weighted by Crippen LogP contribution is -2.18. The molecule has 0 aliphatic heterocycles. The van der Waals surface area contributed by atoms with Crippen LogP contribution in [0.4, 0.5) is 5.82 Å². The highest BCUT2D eigenvalue weighted by atomic mass is 32.2. The SMILES string of the molecule is CCCn1nc(C)cc1NS(=O)(=O)Cc1ccccc1. The number of benzene rings is 1. The molecule has 108 valence electrons. The molecule has 2 rings (SSSR count). The number of rotatable bonds is 6. The van der Waals surface area contributed by atoms with Gasteiger partial charge in [-0.3, -0.25) is 4.72 Å². The van der Waals surface area contributed by atoms with Crippen molar-refractivity contribution >= 4 is 15.8 Å². The van der Waals surface area contributed by atoms with Crippen LogP contribution in [0.1, 0.15) is 24.6 Å². The minimum Gasteiger partial charge on any atom is -0.267 e. The van der Waals surface area contributed by atoms with Crippen molar-refractivity contribution in [3.63, 3.8) is 0 Å². The number of nitrogens with zero attached hydrogens (tertiary/aromatic N) is 2. The zero-order valence-corrected chi connectivity index (χ0v) is 12.5. The topological polar surface area (TPSA) is 64.0 Å². The second kappa shape index (κ2) is 6.09. The number of anilines is 1. The first-order chi connectivity index (χ1) is 9.50. The lowest BCUT2D eigenvalue weighted by molar-refractivity contribution is 0.591. The van der Waals surface area contributed by atoms with Crippen molar-refractivity contribution in [2.75, 3.05) is 4.72 Å². The zero-order chi connectivity index (χ0) is 14.6. The molecule has 0 saturated heterocycles. The molecule has 1 N–H and O–H groups in total. The molecule has 1 aromatic heterocycles. The van der Waals surface area contributed by atoms with Crippen molar-refractivity contribution in [2.45, 2.75) is 32.6 Å². The Labute approximate surface area is 119 Å². The van der Waals surface area contributed by atoms with Gasteiger partial charge in [-0.2, -0.15) is 5.10 Å². The van der Waals surface area contributed by atoms with Gasteiger partial charge in [0.1, 0.15) is 5.82 Å². The van der Waals surface area contributed by atoms with Crippen LogP contribution in [0.25, 0.3) is 0 Å². The van der Waals surface area contributed by atoms with Crippen LogP contribution < -0.4 is 4.72 Å². The van der Waals surface area contributed by atoms with E-state index in [1.165, 1.54) is 0 Å². The average molecular weight is 293 g/mol. The maximum absolute atomic E-state index is 12.2. The second-order valence-electron chi connectivity index (χ2n) is 4.74. The zero-order valence-electron chi connectivity index (χ0n) is 11.7. The highest BCUT2D eigenvalue weighted by Gasteiger charge is 2.15. The van der Waals surface area contributed by atoms with E-state index in [2.05, 4.69) is 9.82 Å². The van der Waals surface area contributed by atoms with Crippen molar-refractivity contribution in [1.29, 1.82) is 0 Å². The lowest BCUT2D eigenvalue weighted by Gasteiger charge is -2.09. The predicted octanol–water partition coefficient (Wildman–Crippen LogP) is 2.54. The molecule has 0 bridgehead atoms. The standard InChI is InChI=1S/C14H19N3O2S/c1-3-9-17-14(10-12(2)15-17)16-20(18,19)11-13-7-5-4-6-8-13/h4-8,10,16H,3,9,11H2,1-2H3. The number of nitrogens with one attached hydrogen (secondary N) is 1. The first kappa shape index (κ1) is 14.6. The first-order valence-corrected chi connectivity index (χ1v) is 8.24. The van der Waals surface area contributed by atoms with Gasteiger partial charge in [0.05, 0.1) is 11.4 Å². The Morgan fingerprint density at radius 2 is 1.95 bits per heavy atom. The quantitative estimate of drug-likeness (QED) is 0.890. The molecule has 1 heterocycles. The third-order valence-electron chi connectivity index (χ3n) is 2.80. The average Bonchev–Trinajstić information content (AvgIpc) is 2.69. The summed E-state index contributed by atoms with van der Waals surface area (Å²) in [5.74, 6) is 0.491. The predicted molar refractivity (Wildman–Crippen MR) is 79.9 cm³/mol. The molecule has 2 aromatic rings. The van der Waals surface area contributed by atoms with Crippen LogP contribution in [0.15, 0.2) is 36.4 Å². The van der Waals surface area contributed by atoms with Gasteiger partial charge in [-0.1, -0.05) is 37.3 Å². The highest BCUT2D eigenvalue weighted by Crippen LogP contribution is 2.15. The van der Waals surface area contributed by atoms with Crippen LogP contribution in [0.2, 0.25) is 0 Å². The summed E-state index contributed by atoms with van der Waals surface area (Å²) in [6.07, 6.45) is 0.897. The Bertz CT molecular complexity index is 663. The van der Waals surface area contributed by atoms with Gasteiger partial charge in [0.25, 0.3) is 0 Å². The van der Waals surface area contributed by atoms with E-state index in [0.29, 0.717) is 12.4 Å². The van der Waals surface area contributed by atoms with Crippen molar-refractivity contribution in [3.05, 3.63) is 47.7 Å². The summed E-state index contributed by atoms with van der Waals surface area (Å²) in [6, 6.07) is 10.9. The van der Waals surface area contributed by atoms with Gasteiger partial charge in [-0.25, -0.2) is 13.1 Å². The molecule has 0 aliphatic rings. The molecule has 20 heavy (non-hydrogen) atoms. The lowest BCUT2D eigenvalue weighted by atomic mass is 10.2. The Morgan fingerprint density at radius 3 is 2.60 bits per heavy atom. The molecule has 0 spiro atoms. The molecular weight excluding hydrogens is 274 g/mol. The van der Waals surface area contributed by atoms with Crippen molar-refractivity contribution in [1.82, 2.24) is 9.78 Å². The van der Waals surface area contributed by atoms with Crippen LogP contribution in [0.3, 0.4) is 0 Å². The fourth-order valence-corrected chi connectivity index (χ4v) is 3.19. The third kappa shape index (κ3) is 3.84. The Balaban J connectivity index is 2.16. The van der Waals surface area contributed by atoms with Crippen LogP contribution in [-0.4, -0.2) is 18.2 Å². The number of hydrogen-bond acceptors (Lipinski definition) is 3. The van der Waals surface area contributed by atoms with Crippen molar-refractivity contribution in [2.24, 2.45) is 0 Å². The van der Waals surface area contributed by atoms with E-state index in [0.717, 1.165) is 17.7 Å². The van der Waals surface area contributed by atoms with E-state index in [4.69, 9.17) is 0 Å². The Kier molecular flexibility index (Phi) is 4.44. The van der Waals surface area contributed by atoms with Gasteiger partial charge in [-0.15, -0.1) is 0 Å². The minimum atomic E-state index is -3.43. The molecule has 0 saturated carbocycles. The maximum atomic E-state index is 12.2. The summed E-state index contributed by atoms with van der Waals surface area (Å²) >= 11 is 0. The molecule has 0 atom stereocenters. The largest absolute Gasteiger partial charge is 0.267 e. The second-order valence-corrected chi connectivity index (χ2v) is 6.46. The molecule has 0 amide bonds. The van der Waals surface area contributed by atoms with Crippen LogP contribution in [-0.2, 0) is 22.3 Å². The fraction of sp³-hybridized carbons (Fsp3) is 0.357. The van der Waals surface area contributed by atoms with Gasteiger partial charge >= 0.3 is 0 Å². The van der Waals surface area contributed by atoms with E-state index in [1.807, 2.05) is 32.0 Å². The van der Waals surface area contributed by atoms with Gasteiger partial charge in [0, 0.05) is 12.6 Å². The first-order valence-electron chi connectivity index (χ1n) is 6.59. The van der Waals surface area contributed by atoms with E-state index in [9.17, 15) is 8.42 Å². The van der Waals surface area contributed by atoms with Gasteiger partial charge < -0.3 is 0 Å². The molecule has 6 heteroatoms. The van der Waals surface area contributed by atoms with Gasteiger partial charge in [0.15, 0.2) is 0 Å².